The highest BCUT2D eigenvalue weighted by Crippen LogP contribution is 2.15. The van der Waals surface area contributed by atoms with Crippen LogP contribution in [0.3, 0.4) is 0 Å². The Morgan fingerprint density at radius 2 is 2.06 bits per heavy atom. The smallest absolute Gasteiger partial charge is 0.217 e. The second kappa shape index (κ2) is 5.57. The summed E-state index contributed by atoms with van der Waals surface area (Å²) in [5, 5.41) is 7.93. The van der Waals surface area contributed by atoms with Crippen molar-refractivity contribution in [1.29, 1.82) is 0 Å². The molecule has 0 aliphatic heterocycles. The second-order valence-electron chi connectivity index (χ2n) is 3.93. The summed E-state index contributed by atoms with van der Waals surface area (Å²) in [6.07, 6.45) is 0. The lowest BCUT2D eigenvalue weighted by atomic mass is 10.1. The minimum Gasteiger partial charge on any atom is -0.395 e. The quantitative estimate of drug-likeness (QED) is 0.836. The van der Waals surface area contributed by atoms with Gasteiger partial charge in [-0.3, -0.25) is 0 Å². The van der Waals surface area contributed by atoms with E-state index >= 15 is 0 Å². The summed E-state index contributed by atoms with van der Waals surface area (Å²) in [6, 6.07) is 5.19. The summed E-state index contributed by atoms with van der Waals surface area (Å²) >= 11 is 0. The van der Waals surface area contributed by atoms with Gasteiger partial charge in [0.2, 0.25) is 10.0 Å². The molecule has 0 radical (unpaired) electrons. The molecular formula is C11H16FNO3S. The van der Waals surface area contributed by atoms with Gasteiger partial charge in [-0.1, -0.05) is 12.1 Å². The Balaban J connectivity index is 2.83. The van der Waals surface area contributed by atoms with Crippen LogP contribution in [-0.4, -0.2) is 25.4 Å². The van der Waals surface area contributed by atoms with Gasteiger partial charge in [0.15, 0.2) is 0 Å². The number of sulfonamides is 1. The molecule has 0 amide bonds. The molecule has 17 heavy (non-hydrogen) atoms. The monoisotopic (exact) mass is 261 g/mol. The molecule has 1 rings (SSSR count). The molecule has 2 atom stereocenters. The van der Waals surface area contributed by atoms with Gasteiger partial charge in [-0.2, -0.15) is 0 Å². The third kappa shape index (κ3) is 3.76. The van der Waals surface area contributed by atoms with E-state index in [0.29, 0.717) is 5.56 Å². The van der Waals surface area contributed by atoms with Crippen molar-refractivity contribution >= 4 is 10.0 Å². The Hall–Kier alpha value is -0.980. The van der Waals surface area contributed by atoms with E-state index in [-0.39, 0.29) is 0 Å². The van der Waals surface area contributed by atoms with Gasteiger partial charge in [-0.05, 0) is 31.5 Å². The average Bonchev–Trinajstić information content (AvgIpc) is 2.27. The van der Waals surface area contributed by atoms with Gasteiger partial charge in [0, 0.05) is 6.04 Å². The fourth-order valence-corrected chi connectivity index (χ4v) is 2.36. The van der Waals surface area contributed by atoms with E-state index in [2.05, 4.69) is 4.72 Å². The predicted molar refractivity (Wildman–Crippen MR) is 63.4 cm³/mol. The molecule has 0 heterocycles. The maximum absolute atomic E-state index is 13.0. The molecule has 2 N–H and O–H groups in total. The zero-order chi connectivity index (χ0) is 13.1. The molecule has 0 bridgehead atoms. The lowest BCUT2D eigenvalue weighted by Crippen LogP contribution is -2.36. The van der Waals surface area contributed by atoms with E-state index in [9.17, 15) is 12.8 Å². The minimum absolute atomic E-state index is 0.413. The molecule has 0 aliphatic rings. The first-order chi connectivity index (χ1) is 7.86. The molecule has 0 spiro atoms. The lowest BCUT2D eigenvalue weighted by Gasteiger charge is -2.17. The molecule has 4 nitrogen and oxygen atoms in total. The number of nitrogens with one attached hydrogen (secondary N) is 1. The van der Waals surface area contributed by atoms with Crippen molar-refractivity contribution < 1.29 is 17.9 Å². The van der Waals surface area contributed by atoms with Crippen LogP contribution in [0, 0.1) is 5.82 Å². The Morgan fingerprint density at radius 3 is 2.59 bits per heavy atom. The first-order valence-electron chi connectivity index (χ1n) is 5.24. The Bertz CT molecular complexity index is 475. The van der Waals surface area contributed by atoms with Crippen molar-refractivity contribution in [1.82, 2.24) is 4.72 Å². The van der Waals surface area contributed by atoms with Crippen LogP contribution in [0.5, 0.6) is 0 Å². The van der Waals surface area contributed by atoms with E-state index in [1.807, 2.05) is 0 Å². The van der Waals surface area contributed by atoms with Crippen LogP contribution >= 0.6 is 0 Å². The lowest BCUT2D eigenvalue weighted by molar-refractivity contribution is 0.294. The van der Waals surface area contributed by atoms with Crippen molar-refractivity contribution in [3.8, 4) is 0 Å². The number of halogens is 1. The van der Waals surface area contributed by atoms with E-state index in [1.54, 1.807) is 13.0 Å². The molecule has 0 aromatic heterocycles. The first kappa shape index (κ1) is 14.1. The van der Waals surface area contributed by atoms with E-state index in [1.165, 1.54) is 25.1 Å². The number of hydrogen-bond acceptors (Lipinski definition) is 3. The highest BCUT2D eigenvalue weighted by molar-refractivity contribution is 7.90. The van der Waals surface area contributed by atoms with Crippen molar-refractivity contribution in [3.63, 3.8) is 0 Å². The summed E-state index contributed by atoms with van der Waals surface area (Å²) in [4.78, 5) is 0. The summed E-state index contributed by atoms with van der Waals surface area (Å²) < 4.78 is 38.7. The van der Waals surface area contributed by atoms with Crippen LogP contribution in [0.2, 0.25) is 0 Å². The number of aliphatic hydroxyl groups is 1. The van der Waals surface area contributed by atoms with Crippen molar-refractivity contribution in [2.45, 2.75) is 25.1 Å². The van der Waals surface area contributed by atoms with Crippen molar-refractivity contribution in [3.05, 3.63) is 35.6 Å². The summed E-state index contributed by atoms with van der Waals surface area (Å²) in [7, 11) is -3.59. The molecule has 1 aromatic carbocycles. The van der Waals surface area contributed by atoms with Crippen LogP contribution in [0.4, 0.5) is 4.39 Å². The second-order valence-corrected chi connectivity index (χ2v) is 6.06. The van der Waals surface area contributed by atoms with Gasteiger partial charge in [0.05, 0.1) is 11.9 Å². The van der Waals surface area contributed by atoms with Crippen LogP contribution < -0.4 is 4.72 Å². The third-order valence-electron chi connectivity index (χ3n) is 2.48. The zero-order valence-electron chi connectivity index (χ0n) is 9.72. The van der Waals surface area contributed by atoms with Gasteiger partial charge >= 0.3 is 0 Å². The van der Waals surface area contributed by atoms with Crippen LogP contribution in [0.15, 0.2) is 24.3 Å². The molecule has 1 aromatic rings. The minimum atomic E-state index is -3.59. The van der Waals surface area contributed by atoms with Crippen molar-refractivity contribution in [2.75, 3.05) is 6.61 Å². The maximum Gasteiger partial charge on any atom is 0.217 e. The SMILES string of the molecule is CC(NS(=O)(=O)C(C)CO)c1cccc(F)c1. The molecule has 2 unspecified atom stereocenters. The van der Waals surface area contributed by atoms with Gasteiger partial charge in [-0.15, -0.1) is 0 Å². The molecular weight excluding hydrogens is 245 g/mol. The Kier molecular flexibility index (Phi) is 4.62. The number of rotatable bonds is 5. The predicted octanol–water partition coefficient (Wildman–Crippen LogP) is 1.19. The average molecular weight is 261 g/mol. The maximum atomic E-state index is 13.0. The van der Waals surface area contributed by atoms with E-state index in [4.69, 9.17) is 5.11 Å². The largest absolute Gasteiger partial charge is 0.395 e. The first-order valence-corrected chi connectivity index (χ1v) is 6.79. The molecule has 0 fully saturated rings. The number of benzene rings is 1. The molecule has 96 valence electrons. The van der Waals surface area contributed by atoms with Crippen LogP contribution in [0.1, 0.15) is 25.5 Å². The Morgan fingerprint density at radius 1 is 1.41 bits per heavy atom. The van der Waals surface area contributed by atoms with Gasteiger partial charge in [-0.25, -0.2) is 17.5 Å². The van der Waals surface area contributed by atoms with Gasteiger partial charge < -0.3 is 5.11 Å². The van der Waals surface area contributed by atoms with Crippen molar-refractivity contribution in [2.24, 2.45) is 0 Å². The van der Waals surface area contributed by atoms with E-state index in [0.717, 1.165) is 0 Å². The number of aliphatic hydroxyl groups excluding tert-OH is 1. The fourth-order valence-electron chi connectivity index (χ4n) is 1.30. The molecule has 0 aliphatic carbocycles. The Labute approximate surface area is 101 Å². The third-order valence-corrected chi connectivity index (χ3v) is 4.37. The van der Waals surface area contributed by atoms with Crippen LogP contribution in [0.25, 0.3) is 0 Å². The standard InChI is InChI=1S/C11H16FNO3S/c1-8(7-14)17(15,16)13-9(2)10-4-3-5-11(12)6-10/h3-6,8-9,13-14H,7H2,1-2H3. The highest BCUT2D eigenvalue weighted by atomic mass is 32.2. The highest BCUT2D eigenvalue weighted by Gasteiger charge is 2.22. The molecule has 6 heteroatoms. The van der Waals surface area contributed by atoms with E-state index < -0.39 is 33.7 Å². The number of hydrogen-bond donors (Lipinski definition) is 2. The summed E-state index contributed by atoms with van der Waals surface area (Å²) in [5.74, 6) is -0.413. The van der Waals surface area contributed by atoms with Crippen LogP contribution in [-0.2, 0) is 10.0 Å². The normalized spacial score (nSPS) is 15.5. The summed E-state index contributed by atoms with van der Waals surface area (Å²) in [6.45, 7) is 2.57. The van der Waals surface area contributed by atoms with Gasteiger partial charge in [0.1, 0.15) is 5.82 Å². The zero-order valence-corrected chi connectivity index (χ0v) is 10.5. The molecule has 0 saturated heterocycles. The topological polar surface area (TPSA) is 66.4 Å². The fraction of sp³-hybridized carbons (Fsp3) is 0.455. The molecule has 0 saturated carbocycles. The summed E-state index contributed by atoms with van der Waals surface area (Å²) in [5.41, 5.74) is 0.540. The van der Waals surface area contributed by atoms with Gasteiger partial charge in [0.25, 0.3) is 0 Å².